The van der Waals surface area contributed by atoms with Crippen molar-refractivity contribution < 1.29 is 13.2 Å². The van der Waals surface area contributed by atoms with Crippen LogP contribution in [0, 0.1) is 0 Å². The fourth-order valence-electron chi connectivity index (χ4n) is 3.73. The number of rotatable bonds is 2. The van der Waals surface area contributed by atoms with E-state index in [0.29, 0.717) is 25.1 Å². The maximum atomic E-state index is 13.2. The molecule has 156 valence electrons. The fourth-order valence-corrected chi connectivity index (χ4v) is 4.40. The first-order valence-corrected chi connectivity index (χ1v) is 11.2. The van der Waals surface area contributed by atoms with Crippen LogP contribution in [0.4, 0.5) is 5.69 Å². The number of aryl methyl sites for hydroxylation is 2. The summed E-state index contributed by atoms with van der Waals surface area (Å²) in [5.74, 6) is -0.377. The van der Waals surface area contributed by atoms with Crippen LogP contribution in [-0.4, -0.2) is 41.2 Å². The van der Waals surface area contributed by atoms with Crippen molar-refractivity contribution in [2.75, 3.05) is 17.7 Å². The van der Waals surface area contributed by atoms with E-state index in [4.69, 9.17) is 0 Å². The molecule has 1 aliphatic heterocycles. The summed E-state index contributed by atoms with van der Waals surface area (Å²) in [6, 6.07) is 7.69. The van der Waals surface area contributed by atoms with Crippen molar-refractivity contribution in [3.05, 3.63) is 62.4 Å². The van der Waals surface area contributed by atoms with Crippen LogP contribution in [0.5, 0.6) is 0 Å². The molecule has 0 spiro atoms. The van der Waals surface area contributed by atoms with Gasteiger partial charge in [0.2, 0.25) is 0 Å². The van der Waals surface area contributed by atoms with Gasteiger partial charge in [-0.25, -0.2) is 18.2 Å². The maximum absolute atomic E-state index is 13.2. The van der Waals surface area contributed by atoms with Crippen LogP contribution in [0.2, 0.25) is 0 Å². The molecular formula is C20H20N4O5S. The van der Waals surface area contributed by atoms with Gasteiger partial charge in [0.25, 0.3) is 11.5 Å². The number of sulfone groups is 1. The van der Waals surface area contributed by atoms with E-state index in [1.807, 2.05) is 0 Å². The Morgan fingerprint density at radius 1 is 1.07 bits per heavy atom. The van der Waals surface area contributed by atoms with Gasteiger partial charge in [-0.15, -0.1) is 0 Å². The van der Waals surface area contributed by atoms with E-state index < -0.39 is 21.1 Å². The van der Waals surface area contributed by atoms with Gasteiger partial charge in [-0.3, -0.25) is 18.7 Å². The van der Waals surface area contributed by atoms with E-state index in [0.717, 1.165) is 16.4 Å². The molecule has 0 N–H and O–H groups in total. The topological polar surface area (TPSA) is 111 Å². The standard InChI is InChI=1S/C20H20N4O5S/c1-22-17-14(18(25)23(2)20(22)27)7-8-15(21-17)19(26)24-10-4-5-12-11-13(30(3,28)29)6-9-16(12)24/h6-9,11H,4-5,10H2,1-3H3. The molecule has 9 nitrogen and oxygen atoms in total. The molecule has 0 unspecified atom stereocenters. The van der Waals surface area contributed by atoms with Gasteiger partial charge in [-0.1, -0.05) is 0 Å². The molecule has 1 aliphatic rings. The zero-order valence-electron chi connectivity index (χ0n) is 16.7. The molecule has 3 heterocycles. The van der Waals surface area contributed by atoms with E-state index in [1.165, 1.54) is 36.9 Å². The Bertz CT molecular complexity index is 1440. The molecule has 0 bridgehead atoms. The molecule has 10 heteroatoms. The van der Waals surface area contributed by atoms with Crippen molar-refractivity contribution in [3.63, 3.8) is 0 Å². The number of carbonyl (C=O) groups is 1. The predicted octanol–water partition coefficient (Wildman–Crippen LogP) is 0.629. The van der Waals surface area contributed by atoms with Gasteiger partial charge in [-0.2, -0.15) is 0 Å². The molecule has 4 rings (SSSR count). The van der Waals surface area contributed by atoms with Crippen LogP contribution < -0.4 is 16.1 Å². The number of nitrogens with zero attached hydrogens (tertiary/aromatic N) is 4. The molecule has 0 saturated carbocycles. The second-order valence-electron chi connectivity index (χ2n) is 7.40. The van der Waals surface area contributed by atoms with E-state index in [1.54, 1.807) is 17.0 Å². The van der Waals surface area contributed by atoms with E-state index >= 15 is 0 Å². The molecule has 0 saturated heterocycles. The quantitative estimate of drug-likeness (QED) is 0.592. The summed E-state index contributed by atoms with van der Waals surface area (Å²) < 4.78 is 25.9. The third-order valence-electron chi connectivity index (χ3n) is 5.36. The highest BCUT2D eigenvalue weighted by Crippen LogP contribution is 2.30. The van der Waals surface area contributed by atoms with Crippen molar-refractivity contribution in [1.82, 2.24) is 14.1 Å². The van der Waals surface area contributed by atoms with E-state index in [-0.39, 0.29) is 27.5 Å². The molecule has 1 aromatic carbocycles. The van der Waals surface area contributed by atoms with Gasteiger partial charge in [0.1, 0.15) is 11.3 Å². The van der Waals surface area contributed by atoms with Crippen LogP contribution in [0.25, 0.3) is 11.0 Å². The summed E-state index contributed by atoms with van der Waals surface area (Å²) in [5.41, 5.74) is 0.653. The van der Waals surface area contributed by atoms with E-state index in [2.05, 4.69) is 4.98 Å². The Labute approximate surface area is 172 Å². The summed E-state index contributed by atoms with van der Waals surface area (Å²) >= 11 is 0. The average molecular weight is 428 g/mol. The van der Waals surface area contributed by atoms with Crippen LogP contribution >= 0.6 is 0 Å². The van der Waals surface area contributed by atoms with Crippen LogP contribution in [0.1, 0.15) is 22.5 Å². The minimum absolute atomic E-state index is 0.103. The Morgan fingerprint density at radius 3 is 2.50 bits per heavy atom. The molecule has 0 atom stereocenters. The zero-order chi connectivity index (χ0) is 21.8. The summed E-state index contributed by atoms with van der Waals surface area (Å²) in [5, 5.41) is 0.244. The number of aromatic nitrogens is 3. The van der Waals surface area contributed by atoms with Crippen molar-refractivity contribution in [3.8, 4) is 0 Å². The second kappa shape index (κ2) is 6.91. The molecule has 2 aromatic heterocycles. The van der Waals surface area contributed by atoms with Gasteiger partial charge in [-0.05, 0) is 48.7 Å². The first-order valence-electron chi connectivity index (χ1n) is 9.31. The SMILES string of the molecule is Cn1c(=O)c2ccc(C(=O)N3CCCc4cc(S(C)(=O)=O)ccc43)nc2n(C)c1=O. The first kappa shape index (κ1) is 20.0. The molecule has 0 radical (unpaired) electrons. The number of anilines is 1. The molecular weight excluding hydrogens is 408 g/mol. The average Bonchev–Trinajstić information content (AvgIpc) is 2.73. The highest BCUT2D eigenvalue weighted by molar-refractivity contribution is 7.90. The zero-order valence-corrected chi connectivity index (χ0v) is 17.6. The number of amides is 1. The molecule has 30 heavy (non-hydrogen) atoms. The summed E-state index contributed by atoms with van der Waals surface area (Å²) in [6.45, 7) is 0.458. The number of benzene rings is 1. The second-order valence-corrected chi connectivity index (χ2v) is 9.41. The lowest BCUT2D eigenvalue weighted by Crippen LogP contribution is -2.38. The highest BCUT2D eigenvalue weighted by atomic mass is 32.2. The third-order valence-corrected chi connectivity index (χ3v) is 6.47. The molecule has 0 fully saturated rings. The van der Waals surface area contributed by atoms with Crippen molar-refractivity contribution in [1.29, 1.82) is 0 Å². The van der Waals surface area contributed by atoms with Gasteiger partial charge in [0.05, 0.1) is 10.3 Å². The van der Waals surface area contributed by atoms with Crippen molar-refractivity contribution >= 4 is 32.5 Å². The third kappa shape index (κ3) is 3.13. The maximum Gasteiger partial charge on any atom is 0.332 e. The number of carbonyl (C=O) groups excluding carboxylic acids is 1. The Hall–Kier alpha value is -3.27. The fraction of sp³-hybridized carbons (Fsp3) is 0.300. The Balaban J connectivity index is 1.81. The lowest BCUT2D eigenvalue weighted by molar-refractivity contribution is 0.0980. The van der Waals surface area contributed by atoms with Crippen LogP contribution in [0.3, 0.4) is 0 Å². The normalized spacial score (nSPS) is 14.0. The van der Waals surface area contributed by atoms with Gasteiger partial charge < -0.3 is 4.90 Å². The van der Waals surface area contributed by atoms with E-state index in [9.17, 15) is 22.8 Å². The number of pyridine rings is 1. The smallest absolute Gasteiger partial charge is 0.307 e. The Morgan fingerprint density at radius 2 is 1.80 bits per heavy atom. The number of hydrogen-bond donors (Lipinski definition) is 0. The molecule has 0 aliphatic carbocycles. The minimum atomic E-state index is -3.35. The minimum Gasteiger partial charge on any atom is -0.307 e. The van der Waals surface area contributed by atoms with Gasteiger partial charge in [0, 0.05) is 32.6 Å². The van der Waals surface area contributed by atoms with Crippen LogP contribution in [0.15, 0.2) is 44.8 Å². The summed E-state index contributed by atoms with van der Waals surface area (Å²) in [6.07, 6.45) is 2.49. The number of hydrogen-bond acceptors (Lipinski definition) is 6. The van der Waals surface area contributed by atoms with Crippen molar-refractivity contribution in [2.24, 2.45) is 14.1 Å². The van der Waals surface area contributed by atoms with Crippen molar-refractivity contribution in [2.45, 2.75) is 17.7 Å². The molecule has 3 aromatic rings. The first-order chi connectivity index (χ1) is 14.1. The molecule has 1 amide bonds. The van der Waals surface area contributed by atoms with Gasteiger partial charge in [0.15, 0.2) is 9.84 Å². The van der Waals surface area contributed by atoms with Crippen LogP contribution in [-0.2, 0) is 30.4 Å². The lowest BCUT2D eigenvalue weighted by atomic mass is 10.0. The highest BCUT2D eigenvalue weighted by Gasteiger charge is 2.26. The predicted molar refractivity (Wildman–Crippen MR) is 112 cm³/mol. The lowest BCUT2D eigenvalue weighted by Gasteiger charge is -2.29. The summed E-state index contributed by atoms with van der Waals surface area (Å²) in [4.78, 5) is 43.8. The Kier molecular flexibility index (Phi) is 4.61. The monoisotopic (exact) mass is 428 g/mol. The summed E-state index contributed by atoms with van der Waals surface area (Å²) in [7, 11) is -0.465. The largest absolute Gasteiger partial charge is 0.332 e. The number of fused-ring (bicyclic) bond motifs is 2. The van der Waals surface area contributed by atoms with Gasteiger partial charge >= 0.3 is 5.69 Å².